The predicted octanol–water partition coefficient (Wildman–Crippen LogP) is 0.278. The Hall–Kier alpha value is -2.20. The number of alkyl halides is 3. The molecule has 1 aliphatic heterocycles. The monoisotopic (exact) mass is 320 g/mol. The lowest BCUT2D eigenvalue weighted by atomic mass is 10.1. The number of halogens is 3. The topological polar surface area (TPSA) is 100.0 Å². The third-order valence-corrected chi connectivity index (χ3v) is 2.96. The highest BCUT2D eigenvalue weighted by atomic mass is 19.4. The van der Waals surface area contributed by atoms with E-state index in [1.807, 2.05) is 0 Å². The van der Waals surface area contributed by atoms with E-state index in [4.69, 9.17) is 9.84 Å². The van der Waals surface area contributed by atoms with Crippen LogP contribution in [-0.4, -0.2) is 52.4 Å². The third-order valence-electron chi connectivity index (χ3n) is 2.96. The molecule has 2 atom stereocenters. The number of morpholine rings is 1. The molecular formula is C12H11F3N2O5. The number of anilines is 1. The van der Waals surface area contributed by atoms with Crippen LogP contribution in [0.3, 0.4) is 0 Å². The molecule has 0 radical (unpaired) electrons. The van der Waals surface area contributed by atoms with E-state index in [0.717, 1.165) is 17.0 Å². The van der Waals surface area contributed by atoms with Crippen LogP contribution >= 0.6 is 0 Å². The van der Waals surface area contributed by atoms with Gasteiger partial charge in [-0.2, -0.15) is 13.2 Å². The summed E-state index contributed by atoms with van der Waals surface area (Å²) in [6.07, 6.45) is -8.48. The number of aliphatic carboxylic acids is 1. The number of amides is 1. The van der Waals surface area contributed by atoms with Gasteiger partial charge in [0.15, 0.2) is 12.2 Å². The standard InChI is InChI=1S/C12H11F3N2O5/c13-12(14,15)6-2-1-3-7(16-6)17-4-5-22-9(10(17)19)8(18)11(20)21/h1-3,8-9,18H,4-5H2,(H,20,21)/t8?,9-/m1/s1. The molecule has 0 spiro atoms. The number of carboxylic acids is 1. The lowest BCUT2D eigenvalue weighted by Gasteiger charge is -2.32. The second-order valence-corrected chi connectivity index (χ2v) is 4.44. The Kier molecular flexibility index (Phi) is 4.33. The Bertz CT molecular complexity index is 592. The van der Waals surface area contributed by atoms with Gasteiger partial charge in [0.25, 0.3) is 5.91 Å². The molecule has 2 rings (SSSR count). The normalized spacial score (nSPS) is 20.8. The largest absolute Gasteiger partial charge is 0.479 e. The quantitative estimate of drug-likeness (QED) is 0.830. The smallest absolute Gasteiger partial charge is 0.433 e. The lowest BCUT2D eigenvalue weighted by Crippen LogP contribution is -2.54. The predicted molar refractivity (Wildman–Crippen MR) is 65.0 cm³/mol. The molecule has 0 aromatic carbocycles. The van der Waals surface area contributed by atoms with E-state index in [0.29, 0.717) is 0 Å². The molecule has 1 saturated heterocycles. The highest BCUT2D eigenvalue weighted by Crippen LogP contribution is 2.29. The van der Waals surface area contributed by atoms with Crippen molar-refractivity contribution < 1.29 is 37.7 Å². The Morgan fingerprint density at radius 2 is 2.14 bits per heavy atom. The summed E-state index contributed by atoms with van der Waals surface area (Å²) in [5.74, 6) is -2.92. The Balaban J connectivity index is 2.29. The number of aliphatic hydroxyl groups excluding tert-OH is 1. The summed E-state index contributed by atoms with van der Waals surface area (Å²) in [6.45, 7) is -0.241. The first-order valence-electron chi connectivity index (χ1n) is 6.10. The molecule has 22 heavy (non-hydrogen) atoms. The van der Waals surface area contributed by atoms with Crippen molar-refractivity contribution in [2.45, 2.75) is 18.4 Å². The Morgan fingerprint density at radius 3 is 2.73 bits per heavy atom. The summed E-state index contributed by atoms with van der Waals surface area (Å²) < 4.78 is 42.8. The molecule has 1 aromatic rings. The molecule has 1 aromatic heterocycles. The minimum atomic E-state index is -4.68. The maximum absolute atomic E-state index is 12.6. The van der Waals surface area contributed by atoms with Crippen molar-refractivity contribution in [3.05, 3.63) is 23.9 Å². The number of ether oxygens (including phenoxy) is 1. The van der Waals surface area contributed by atoms with E-state index < -0.39 is 36.0 Å². The maximum Gasteiger partial charge on any atom is 0.433 e. The molecular weight excluding hydrogens is 309 g/mol. The molecule has 1 amide bonds. The first-order valence-corrected chi connectivity index (χ1v) is 6.10. The first-order chi connectivity index (χ1) is 10.2. The van der Waals surface area contributed by atoms with E-state index in [1.165, 1.54) is 6.07 Å². The zero-order valence-corrected chi connectivity index (χ0v) is 10.9. The second-order valence-electron chi connectivity index (χ2n) is 4.44. The van der Waals surface area contributed by atoms with Crippen molar-refractivity contribution in [3.8, 4) is 0 Å². The van der Waals surface area contributed by atoms with Gasteiger partial charge in [-0.05, 0) is 12.1 Å². The van der Waals surface area contributed by atoms with Crippen LogP contribution in [0, 0.1) is 0 Å². The molecule has 1 fully saturated rings. The minimum Gasteiger partial charge on any atom is -0.479 e. The van der Waals surface area contributed by atoms with Crippen LogP contribution in [0.4, 0.5) is 19.0 Å². The van der Waals surface area contributed by atoms with E-state index >= 15 is 0 Å². The average Bonchev–Trinajstić information content (AvgIpc) is 2.46. The Morgan fingerprint density at radius 1 is 1.45 bits per heavy atom. The lowest BCUT2D eigenvalue weighted by molar-refractivity contribution is -0.163. The van der Waals surface area contributed by atoms with Crippen molar-refractivity contribution in [2.75, 3.05) is 18.1 Å². The van der Waals surface area contributed by atoms with Gasteiger partial charge in [-0.25, -0.2) is 9.78 Å². The highest BCUT2D eigenvalue weighted by molar-refractivity contribution is 5.99. The van der Waals surface area contributed by atoms with Crippen LogP contribution in [0.25, 0.3) is 0 Å². The van der Waals surface area contributed by atoms with Crippen molar-refractivity contribution in [2.24, 2.45) is 0 Å². The minimum absolute atomic E-state index is 0.101. The summed E-state index contributed by atoms with van der Waals surface area (Å²) >= 11 is 0. The third kappa shape index (κ3) is 3.17. The van der Waals surface area contributed by atoms with Crippen molar-refractivity contribution >= 4 is 17.7 Å². The summed E-state index contributed by atoms with van der Waals surface area (Å²) in [4.78, 5) is 27.0. The van der Waals surface area contributed by atoms with Crippen LogP contribution in [0.15, 0.2) is 18.2 Å². The molecule has 0 bridgehead atoms. The van der Waals surface area contributed by atoms with Crippen LogP contribution in [0.1, 0.15) is 5.69 Å². The van der Waals surface area contributed by atoms with Crippen molar-refractivity contribution in [1.29, 1.82) is 0 Å². The van der Waals surface area contributed by atoms with Crippen LogP contribution in [0.2, 0.25) is 0 Å². The van der Waals surface area contributed by atoms with Gasteiger partial charge in [-0.1, -0.05) is 6.07 Å². The maximum atomic E-state index is 12.6. The van der Waals surface area contributed by atoms with Gasteiger partial charge in [-0.3, -0.25) is 9.69 Å². The van der Waals surface area contributed by atoms with Gasteiger partial charge in [0.1, 0.15) is 11.5 Å². The number of carbonyl (C=O) groups excluding carboxylic acids is 1. The molecule has 0 saturated carbocycles. The Labute approximate surface area is 121 Å². The number of hydrogen-bond acceptors (Lipinski definition) is 5. The fraction of sp³-hybridized carbons (Fsp3) is 0.417. The van der Waals surface area contributed by atoms with E-state index in [9.17, 15) is 27.9 Å². The fourth-order valence-corrected chi connectivity index (χ4v) is 1.92. The number of rotatable bonds is 3. The van der Waals surface area contributed by atoms with Gasteiger partial charge in [0, 0.05) is 0 Å². The molecule has 1 unspecified atom stereocenters. The van der Waals surface area contributed by atoms with Gasteiger partial charge >= 0.3 is 12.1 Å². The average molecular weight is 320 g/mol. The summed E-state index contributed by atoms with van der Waals surface area (Å²) in [5, 5.41) is 18.1. The number of nitrogens with zero attached hydrogens (tertiary/aromatic N) is 2. The number of hydrogen-bond donors (Lipinski definition) is 2. The van der Waals surface area contributed by atoms with Gasteiger partial charge in [-0.15, -0.1) is 0 Å². The molecule has 10 heteroatoms. The fourth-order valence-electron chi connectivity index (χ4n) is 1.92. The number of aliphatic hydroxyl groups is 1. The number of aromatic nitrogens is 1. The number of pyridine rings is 1. The molecule has 2 heterocycles. The van der Waals surface area contributed by atoms with Gasteiger partial charge in [0.05, 0.1) is 13.2 Å². The SMILES string of the molecule is O=C(O)C(O)[C@H]1OCCN(c2cccc(C(F)(F)F)n2)C1=O. The highest BCUT2D eigenvalue weighted by Gasteiger charge is 2.40. The number of carbonyl (C=O) groups is 2. The van der Waals surface area contributed by atoms with E-state index in [-0.39, 0.29) is 19.0 Å². The molecule has 7 nitrogen and oxygen atoms in total. The summed E-state index contributed by atoms with van der Waals surface area (Å²) in [6, 6.07) is 3.01. The van der Waals surface area contributed by atoms with Gasteiger partial charge in [0.2, 0.25) is 0 Å². The van der Waals surface area contributed by atoms with Gasteiger partial charge < -0.3 is 14.9 Å². The van der Waals surface area contributed by atoms with E-state index in [2.05, 4.69) is 4.98 Å². The molecule has 0 aliphatic carbocycles. The zero-order chi connectivity index (χ0) is 16.5. The summed E-state index contributed by atoms with van der Waals surface area (Å²) in [7, 11) is 0. The molecule has 120 valence electrons. The second kappa shape index (κ2) is 5.89. The zero-order valence-electron chi connectivity index (χ0n) is 10.9. The first kappa shape index (κ1) is 16.2. The van der Waals surface area contributed by atoms with Crippen LogP contribution < -0.4 is 4.90 Å². The van der Waals surface area contributed by atoms with Crippen molar-refractivity contribution in [3.63, 3.8) is 0 Å². The van der Waals surface area contributed by atoms with E-state index in [1.54, 1.807) is 0 Å². The van der Waals surface area contributed by atoms with Crippen LogP contribution in [0.5, 0.6) is 0 Å². The molecule has 2 N–H and O–H groups in total. The summed E-state index contributed by atoms with van der Waals surface area (Å²) in [5.41, 5.74) is -1.18. The van der Waals surface area contributed by atoms with Crippen molar-refractivity contribution in [1.82, 2.24) is 4.98 Å². The number of carboxylic acid groups (broad SMARTS) is 1. The molecule has 1 aliphatic rings. The van der Waals surface area contributed by atoms with Crippen LogP contribution in [-0.2, 0) is 20.5 Å².